The summed E-state index contributed by atoms with van der Waals surface area (Å²) < 4.78 is 0. The van der Waals surface area contributed by atoms with Crippen LogP contribution in [-0.4, -0.2) is 19.0 Å². The highest BCUT2D eigenvalue weighted by Crippen LogP contribution is 2.12. The third-order valence-corrected chi connectivity index (χ3v) is 2.71. The molecule has 0 aliphatic carbocycles. The summed E-state index contributed by atoms with van der Waals surface area (Å²) in [4.78, 5) is 10.6. The highest BCUT2D eigenvalue weighted by atomic mass is 35.5. The Morgan fingerprint density at radius 3 is 1.61 bits per heavy atom. The number of hydrogen-bond donors (Lipinski definition) is 4. The SMILES string of the molecule is CC(=O)Nc1ccc(Cl)cc1.NCCN.Nc1ccc(Cl)cc1. The van der Waals surface area contributed by atoms with Crippen molar-refractivity contribution in [3.8, 4) is 0 Å². The first-order valence-corrected chi connectivity index (χ1v) is 7.59. The lowest BCUT2D eigenvalue weighted by Crippen LogP contribution is -2.11. The molecule has 0 saturated heterocycles. The van der Waals surface area contributed by atoms with E-state index in [1.807, 2.05) is 0 Å². The minimum atomic E-state index is -0.0766. The Kier molecular flexibility index (Phi) is 11.7. The molecule has 7 heteroatoms. The molecule has 0 fully saturated rings. The van der Waals surface area contributed by atoms with E-state index in [-0.39, 0.29) is 5.91 Å². The summed E-state index contributed by atoms with van der Waals surface area (Å²) in [6.45, 7) is 2.66. The fourth-order valence-electron chi connectivity index (χ4n) is 1.20. The molecule has 0 aliphatic rings. The van der Waals surface area contributed by atoms with E-state index in [0.717, 1.165) is 16.4 Å². The first-order chi connectivity index (χ1) is 10.9. The standard InChI is InChI=1S/C8H8ClNO.C6H6ClN.C2H8N2/c1-6(11)10-8-4-2-7(9)3-5-8;7-5-1-3-6(8)4-2-5;3-1-2-4/h2-5H,1H3,(H,10,11);1-4H,8H2;1-4H2. The number of nitrogens with one attached hydrogen (secondary N) is 1. The van der Waals surface area contributed by atoms with Gasteiger partial charge in [-0.25, -0.2) is 0 Å². The van der Waals surface area contributed by atoms with Gasteiger partial charge in [0.05, 0.1) is 0 Å². The number of benzene rings is 2. The maximum Gasteiger partial charge on any atom is 0.221 e. The third-order valence-electron chi connectivity index (χ3n) is 2.20. The second kappa shape index (κ2) is 12.7. The minimum Gasteiger partial charge on any atom is -0.399 e. The van der Waals surface area contributed by atoms with E-state index in [1.54, 1.807) is 48.5 Å². The van der Waals surface area contributed by atoms with Gasteiger partial charge in [0.25, 0.3) is 0 Å². The van der Waals surface area contributed by atoms with Crippen molar-refractivity contribution in [1.82, 2.24) is 0 Å². The largest absolute Gasteiger partial charge is 0.399 e. The maximum absolute atomic E-state index is 10.6. The highest BCUT2D eigenvalue weighted by Gasteiger charge is 1.93. The van der Waals surface area contributed by atoms with E-state index in [9.17, 15) is 4.79 Å². The zero-order valence-corrected chi connectivity index (χ0v) is 14.4. The van der Waals surface area contributed by atoms with E-state index in [0.29, 0.717) is 18.1 Å². The number of halogens is 2. The van der Waals surface area contributed by atoms with Crippen LogP contribution in [0.2, 0.25) is 10.0 Å². The summed E-state index contributed by atoms with van der Waals surface area (Å²) in [6, 6.07) is 14.0. The lowest BCUT2D eigenvalue weighted by Gasteiger charge is -1.99. The number of rotatable bonds is 2. The molecule has 0 heterocycles. The molecule has 1 amide bonds. The van der Waals surface area contributed by atoms with Crippen molar-refractivity contribution in [2.24, 2.45) is 11.5 Å². The Hall–Kier alpha value is -1.79. The van der Waals surface area contributed by atoms with Gasteiger partial charge in [-0.05, 0) is 48.5 Å². The zero-order chi connectivity index (χ0) is 17.7. The Balaban J connectivity index is 0.000000354. The third kappa shape index (κ3) is 12.4. The first-order valence-electron chi connectivity index (χ1n) is 6.83. The van der Waals surface area contributed by atoms with E-state index in [2.05, 4.69) is 5.32 Å². The van der Waals surface area contributed by atoms with Crippen molar-refractivity contribution >= 4 is 40.5 Å². The molecule has 2 aromatic carbocycles. The lowest BCUT2D eigenvalue weighted by molar-refractivity contribution is -0.114. The Morgan fingerprint density at radius 1 is 0.913 bits per heavy atom. The first kappa shape index (κ1) is 21.2. The maximum atomic E-state index is 10.6. The van der Waals surface area contributed by atoms with Gasteiger partial charge in [0.1, 0.15) is 0 Å². The van der Waals surface area contributed by atoms with Crippen LogP contribution in [0.25, 0.3) is 0 Å². The van der Waals surface area contributed by atoms with Crippen molar-refractivity contribution in [1.29, 1.82) is 0 Å². The number of anilines is 2. The molecule has 0 atom stereocenters. The minimum absolute atomic E-state index is 0.0766. The number of carbonyl (C=O) groups is 1. The molecule has 2 aromatic rings. The summed E-state index contributed by atoms with van der Waals surface area (Å²) in [5, 5.41) is 4.02. The number of amides is 1. The van der Waals surface area contributed by atoms with Crippen molar-refractivity contribution in [2.45, 2.75) is 6.92 Å². The quantitative estimate of drug-likeness (QED) is 0.620. The molecule has 0 aliphatic heterocycles. The smallest absolute Gasteiger partial charge is 0.221 e. The fraction of sp³-hybridized carbons (Fsp3) is 0.188. The number of nitrogen functional groups attached to an aromatic ring is 1. The van der Waals surface area contributed by atoms with Crippen LogP contribution in [-0.2, 0) is 4.79 Å². The van der Waals surface area contributed by atoms with Gasteiger partial charge in [0.15, 0.2) is 0 Å². The van der Waals surface area contributed by atoms with Gasteiger partial charge in [-0.3, -0.25) is 4.79 Å². The van der Waals surface area contributed by atoms with Crippen LogP contribution in [0, 0.1) is 0 Å². The van der Waals surface area contributed by atoms with Crippen LogP contribution in [0.1, 0.15) is 6.92 Å². The van der Waals surface area contributed by atoms with Crippen LogP contribution in [0.3, 0.4) is 0 Å². The van der Waals surface area contributed by atoms with Gasteiger partial charge in [-0.1, -0.05) is 23.2 Å². The van der Waals surface area contributed by atoms with E-state index in [4.69, 9.17) is 40.4 Å². The molecule has 0 aromatic heterocycles. The average Bonchev–Trinajstić information content (AvgIpc) is 2.53. The van der Waals surface area contributed by atoms with Crippen molar-refractivity contribution in [2.75, 3.05) is 24.1 Å². The number of carbonyl (C=O) groups excluding carboxylic acids is 1. The van der Waals surface area contributed by atoms with E-state index < -0.39 is 0 Å². The summed E-state index contributed by atoms with van der Waals surface area (Å²) in [7, 11) is 0. The van der Waals surface area contributed by atoms with Crippen molar-refractivity contribution < 1.29 is 4.79 Å². The second-order valence-corrected chi connectivity index (χ2v) is 5.19. The molecule has 0 unspecified atom stereocenters. The molecule has 0 saturated carbocycles. The Bertz CT molecular complexity index is 536. The molecule has 5 nitrogen and oxygen atoms in total. The number of nitrogens with two attached hydrogens (primary N) is 3. The van der Waals surface area contributed by atoms with Gasteiger partial charge in [0.2, 0.25) is 5.91 Å². The van der Waals surface area contributed by atoms with Gasteiger partial charge >= 0.3 is 0 Å². The topological polar surface area (TPSA) is 107 Å². The van der Waals surface area contributed by atoms with Gasteiger partial charge in [0, 0.05) is 41.4 Å². The molecule has 126 valence electrons. The van der Waals surface area contributed by atoms with Gasteiger partial charge in [-0.2, -0.15) is 0 Å². The van der Waals surface area contributed by atoms with Crippen LogP contribution in [0.4, 0.5) is 11.4 Å². The summed E-state index contributed by atoms with van der Waals surface area (Å²) in [5.74, 6) is -0.0766. The normalized spacial score (nSPS) is 8.91. The summed E-state index contributed by atoms with van der Waals surface area (Å²) in [6.07, 6.45) is 0. The Morgan fingerprint density at radius 2 is 1.30 bits per heavy atom. The molecule has 0 bridgehead atoms. The van der Waals surface area contributed by atoms with Crippen LogP contribution in [0.5, 0.6) is 0 Å². The highest BCUT2D eigenvalue weighted by molar-refractivity contribution is 6.30. The predicted octanol–water partition coefficient (Wildman–Crippen LogP) is 3.12. The van der Waals surface area contributed by atoms with Crippen molar-refractivity contribution in [3.05, 3.63) is 58.6 Å². The number of hydrogen-bond acceptors (Lipinski definition) is 4. The van der Waals surface area contributed by atoms with Gasteiger partial charge in [-0.15, -0.1) is 0 Å². The van der Waals surface area contributed by atoms with Gasteiger partial charge < -0.3 is 22.5 Å². The monoisotopic (exact) mass is 356 g/mol. The lowest BCUT2D eigenvalue weighted by atomic mass is 10.3. The van der Waals surface area contributed by atoms with Crippen LogP contribution in [0.15, 0.2) is 48.5 Å². The van der Waals surface area contributed by atoms with Crippen LogP contribution >= 0.6 is 23.2 Å². The van der Waals surface area contributed by atoms with Crippen LogP contribution < -0.4 is 22.5 Å². The molecule has 23 heavy (non-hydrogen) atoms. The molecule has 2 rings (SSSR count). The molecule has 0 radical (unpaired) electrons. The second-order valence-electron chi connectivity index (χ2n) is 4.32. The zero-order valence-electron chi connectivity index (χ0n) is 12.9. The molecular weight excluding hydrogens is 335 g/mol. The summed E-state index contributed by atoms with van der Waals surface area (Å²) in [5.41, 5.74) is 16.7. The average molecular weight is 357 g/mol. The molecular formula is C16H22Cl2N4O. The van der Waals surface area contributed by atoms with Crippen molar-refractivity contribution in [3.63, 3.8) is 0 Å². The van der Waals surface area contributed by atoms with E-state index in [1.165, 1.54) is 6.92 Å². The summed E-state index contributed by atoms with van der Waals surface area (Å²) >= 11 is 11.2. The fourth-order valence-corrected chi connectivity index (χ4v) is 1.45. The molecule has 0 spiro atoms. The predicted molar refractivity (Wildman–Crippen MR) is 99.7 cm³/mol. The Labute approximate surface area is 146 Å². The molecule has 7 N–H and O–H groups in total. The van der Waals surface area contributed by atoms with E-state index >= 15 is 0 Å².